The van der Waals surface area contributed by atoms with Gasteiger partial charge in [0.1, 0.15) is 11.6 Å². The first-order valence-electron chi connectivity index (χ1n) is 8.54. The van der Waals surface area contributed by atoms with Gasteiger partial charge in [-0.15, -0.1) is 0 Å². The van der Waals surface area contributed by atoms with Crippen LogP contribution in [0.1, 0.15) is 44.7 Å². The number of H-pyrrole nitrogens is 1. The Kier molecular flexibility index (Phi) is 4.99. The molecule has 2 heterocycles. The fourth-order valence-electron chi connectivity index (χ4n) is 3.36. The van der Waals surface area contributed by atoms with Gasteiger partial charge in [-0.2, -0.15) is 5.26 Å². The van der Waals surface area contributed by atoms with Gasteiger partial charge < -0.3 is 9.88 Å². The molecule has 26 heavy (non-hydrogen) atoms. The zero-order chi connectivity index (χ0) is 18.7. The molecule has 0 spiro atoms. The number of benzene rings is 1. The molecule has 0 aliphatic carbocycles. The summed E-state index contributed by atoms with van der Waals surface area (Å²) < 4.78 is 0. The molecule has 1 saturated heterocycles. The van der Waals surface area contributed by atoms with E-state index in [0.717, 1.165) is 12.8 Å². The fourth-order valence-corrected chi connectivity index (χ4v) is 3.36. The molecule has 1 atom stereocenters. The van der Waals surface area contributed by atoms with Gasteiger partial charge in [0, 0.05) is 30.8 Å². The normalized spacial score (nSPS) is 16.8. The number of ketones is 1. The van der Waals surface area contributed by atoms with Crippen LogP contribution in [0.4, 0.5) is 0 Å². The zero-order valence-corrected chi connectivity index (χ0v) is 14.5. The maximum Gasteiger partial charge on any atom is 0.266 e. The van der Waals surface area contributed by atoms with Crippen molar-refractivity contribution in [1.29, 1.82) is 5.26 Å². The fraction of sp³-hybridized carbons (Fsp3) is 0.300. The number of carbonyl (C=O) groups is 2. The second kappa shape index (κ2) is 7.36. The summed E-state index contributed by atoms with van der Waals surface area (Å²) in [6, 6.07) is 10.9. The van der Waals surface area contributed by atoms with Crippen LogP contribution in [0, 0.1) is 24.2 Å². The number of pyridine rings is 1. The Morgan fingerprint density at radius 1 is 1.27 bits per heavy atom. The monoisotopic (exact) mass is 349 g/mol. The molecular weight excluding hydrogens is 330 g/mol. The summed E-state index contributed by atoms with van der Waals surface area (Å²) in [5.74, 6) is -0.464. The number of hydrogen-bond acceptors (Lipinski definition) is 4. The van der Waals surface area contributed by atoms with Crippen molar-refractivity contribution in [3.63, 3.8) is 0 Å². The van der Waals surface area contributed by atoms with Crippen molar-refractivity contribution in [2.24, 2.45) is 5.92 Å². The molecule has 6 heteroatoms. The molecule has 1 amide bonds. The van der Waals surface area contributed by atoms with Gasteiger partial charge in [-0.25, -0.2) is 0 Å². The molecule has 2 aromatic rings. The van der Waals surface area contributed by atoms with E-state index in [4.69, 9.17) is 5.26 Å². The highest BCUT2D eigenvalue weighted by Gasteiger charge is 2.30. The summed E-state index contributed by atoms with van der Waals surface area (Å²) in [4.78, 5) is 41.3. The summed E-state index contributed by atoms with van der Waals surface area (Å²) in [6.07, 6.45) is 2.83. The molecule has 6 nitrogen and oxygen atoms in total. The van der Waals surface area contributed by atoms with E-state index in [1.54, 1.807) is 24.0 Å². The van der Waals surface area contributed by atoms with Gasteiger partial charge in [-0.3, -0.25) is 14.4 Å². The number of carbonyl (C=O) groups excluding carboxylic acids is 2. The number of nitrogens with one attached hydrogen (secondary N) is 1. The molecule has 1 fully saturated rings. The summed E-state index contributed by atoms with van der Waals surface area (Å²) in [6.45, 7) is 2.49. The smallest absolute Gasteiger partial charge is 0.266 e. The van der Waals surface area contributed by atoms with Crippen molar-refractivity contribution in [1.82, 2.24) is 9.88 Å². The lowest BCUT2D eigenvalue weighted by Crippen LogP contribution is -2.42. The minimum atomic E-state index is -0.502. The van der Waals surface area contributed by atoms with Gasteiger partial charge in [0.05, 0.1) is 5.56 Å². The van der Waals surface area contributed by atoms with E-state index in [1.807, 2.05) is 24.3 Å². The average Bonchev–Trinajstić information content (AvgIpc) is 2.68. The minimum Gasteiger partial charge on any atom is -0.338 e. The first kappa shape index (κ1) is 17.6. The van der Waals surface area contributed by atoms with Crippen LogP contribution in [0.2, 0.25) is 0 Å². The van der Waals surface area contributed by atoms with E-state index < -0.39 is 5.56 Å². The van der Waals surface area contributed by atoms with Gasteiger partial charge in [0.15, 0.2) is 5.78 Å². The first-order chi connectivity index (χ1) is 12.5. The zero-order valence-electron chi connectivity index (χ0n) is 14.5. The summed E-state index contributed by atoms with van der Waals surface area (Å²) in [5, 5.41) is 9.12. The van der Waals surface area contributed by atoms with E-state index in [-0.39, 0.29) is 23.2 Å². The number of rotatable bonds is 3. The Balaban J connectivity index is 1.82. The standard InChI is InChI=1S/C20H19N3O3/c1-13-16(10-21)19(25)22-11-17(13)20(26)23-9-5-8-15(12-23)18(24)14-6-3-2-4-7-14/h2-4,6-7,11,15H,5,8-9,12H2,1H3,(H,22,25)/t15-/m0/s1. The lowest BCUT2D eigenvalue weighted by molar-refractivity contribution is 0.0636. The molecule has 1 aromatic heterocycles. The maximum absolute atomic E-state index is 12.9. The van der Waals surface area contributed by atoms with Crippen LogP contribution >= 0.6 is 0 Å². The number of Topliss-reactive ketones (excluding diaryl/α,β-unsaturated/α-hetero) is 1. The number of aromatic nitrogens is 1. The molecule has 0 unspecified atom stereocenters. The number of hydrogen-bond donors (Lipinski definition) is 1. The molecule has 1 aliphatic rings. The van der Waals surface area contributed by atoms with Crippen molar-refractivity contribution < 1.29 is 9.59 Å². The van der Waals surface area contributed by atoms with E-state index in [1.165, 1.54) is 6.20 Å². The highest BCUT2D eigenvalue weighted by Crippen LogP contribution is 2.23. The average molecular weight is 349 g/mol. The summed E-state index contributed by atoms with van der Waals surface area (Å²) in [7, 11) is 0. The quantitative estimate of drug-likeness (QED) is 0.860. The van der Waals surface area contributed by atoms with Crippen molar-refractivity contribution in [3.8, 4) is 6.07 Å². The lowest BCUT2D eigenvalue weighted by atomic mass is 9.89. The molecule has 132 valence electrons. The second-order valence-electron chi connectivity index (χ2n) is 6.46. The number of nitriles is 1. The van der Waals surface area contributed by atoms with E-state index >= 15 is 0 Å². The maximum atomic E-state index is 12.9. The van der Waals surface area contributed by atoms with Crippen LogP contribution in [-0.4, -0.2) is 34.7 Å². The predicted molar refractivity (Wildman–Crippen MR) is 95.9 cm³/mol. The predicted octanol–water partition coefficient (Wildman–Crippen LogP) is 2.29. The highest BCUT2D eigenvalue weighted by atomic mass is 16.2. The van der Waals surface area contributed by atoms with Gasteiger partial charge in [0.25, 0.3) is 11.5 Å². The van der Waals surface area contributed by atoms with Crippen LogP contribution in [0.3, 0.4) is 0 Å². The molecule has 0 bridgehead atoms. The van der Waals surface area contributed by atoms with Crippen molar-refractivity contribution in [2.45, 2.75) is 19.8 Å². The minimum absolute atomic E-state index is 0.0407. The van der Waals surface area contributed by atoms with Crippen LogP contribution in [0.25, 0.3) is 0 Å². The lowest BCUT2D eigenvalue weighted by Gasteiger charge is -2.32. The van der Waals surface area contributed by atoms with Crippen LogP contribution in [-0.2, 0) is 0 Å². The van der Waals surface area contributed by atoms with E-state index in [2.05, 4.69) is 4.98 Å². The van der Waals surface area contributed by atoms with Crippen LogP contribution < -0.4 is 5.56 Å². The number of nitrogens with zero attached hydrogens (tertiary/aromatic N) is 2. The van der Waals surface area contributed by atoms with Crippen molar-refractivity contribution >= 4 is 11.7 Å². The summed E-state index contributed by atoms with van der Waals surface area (Å²) >= 11 is 0. The Morgan fingerprint density at radius 2 is 2.00 bits per heavy atom. The molecule has 3 rings (SSSR count). The van der Waals surface area contributed by atoms with E-state index in [0.29, 0.717) is 29.8 Å². The number of aromatic amines is 1. The molecule has 1 aromatic carbocycles. The van der Waals surface area contributed by atoms with Crippen LogP contribution in [0.5, 0.6) is 0 Å². The third-order valence-corrected chi connectivity index (χ3v) is 4.83. The molecule has 1 aliphatic heterocycles. The second-order valence-corrected chi connectivity index (χ2v) is 6.46. The van der Waals surface area contributed by atoms with E-state index in [9.17, 15) is 14.4 Å². The molecular formula is C20H19N3O3. The molecule has 0 radical (unpaired) electrons. The largest absolute Gasteiger partial charge is 0.338 e. The SMILES string of the molecule is Cc1c(C(=O)N2CCC[C@H](C(=O)c3ccccc3)C2)c[nH]c(=O)c1C#N. The highest BCUT2D eigenvalue weighted by molar-refractivity contribution is 5.99. The molecule has 1 N–H and O–H groups in total. The molecule has 0 saturated carbocycles. The Labute approximate surface area is 151 Å². The van der Waals surface area contributed by atoms with Gasteiger partial charge in [-0.1, -0.05) is 30.3 Å². The van der Waals surface area contributed by atoms with Gasteiger partial charge >= 0.3 is 0 Å². The Morgan fingerprint density at radius 3 is 2.69 bits per heavy atom. The van der Waals surface area contributed by atoms with Gasteiger partial charge in [0.2, 0.25) is 0 Å². The Hall–Kier alpha value is -3.20. The number of amides is 1. The van der Waals surface area contributed by atoms with Crippen molar-refractivity contribution in [3.05, 3.63) is 69.1 Å². The third kappa shape index (κ3) is 3.29. The topological polar surface area (TPSA) is 94.0 Å². The Bertz CT molecular complexity index is 941. The number of piperidine rings is 1. The first-order valence-corrected chi connectivity index (χ1v) is 8.54. The number of likely N-dealkylation sites (tertiary alicyclic amines) is 1. The van der Waals surface area contributed by atoms with Crippen LogP contribution in [0.15, 0.2) is 41.3 Å². The summed E-state index contributed by atoms with van der Waals surface area (Å²) in [5.41, 5.74) is 0.771. The van der Waals surface area contributed by atoms with Crippen molar-refractivity contribution in [2.75, 3.05) is 13.1 Å². The third-order valence-electron chi connectivity index (χ3n) is 4.83. The van der Waals surface area contributed by atoms with Gasteiger partial charge in [-0.05, 0) is 25.3 Å².